The summed E-state index contributed by atoms with van der Waals surface area (Å²) in [7, 11) is 0. The number of rotatable bonds is 6. The zero-order chi connectivity index (χ0) is 16.8. The molecule has 0 aliphatic rings. The van der Waals surface area contributed by atoms with E-state index in [1.807, 2.05) is 24.3 Å². The number of carbonyl (C=O) groups excluding carboxylic acids is 1. The van der Waals surface area contributed by atoms with Gasteiger partial charge in [0.05, 0.1) is 0 Å². The predicted octanol–water partition coefficient (Wildman–Crippen LogP) is 5.26. The normalized spacial score (nSPS) is 13.2. The predicted molar refractivity (Wildman–Crippen MR) is 95.3 cm³/mol. The van der Waals surface area contributed by atoms with Crippen LogP contribution in [0.1, 0.15) is 38.7 Å². The highest BCUT2D eigenvalue weighted by atomic mass is 35.5. The highest BCUT2D eigenvalue weighted by Crippen LogP contribution is 2.27. The molecule has 0 spiro atoms. The highest BCUT2D eigenvalue weighted by molar-refractivity contribution is 6.30. The van der Waals surface area contributed by atoms with E-state index in [1.165, 1.54) is 0 Å². The number of halogens is 1. The molecule has 1 N–H and O–H groups in total. The van der Waals surface area contributed by atoms with Crippen LogP contribution in [-0.2, 0) is 4.79 Å². The second-order valence-corrected chi connectivity index (χ2v) is 6.04. The molecule has 4 heteroatoms. The average molecular weight is 332 g/mol. The minimum atomic E-state index is -0.613. The van der Waals surface area contributed by atoms with Crippen molar-refractivity contribution in [3.05, 3.63) is 59.1 Å². The molecule has 0 heterocycles. The van der Waals surface area contributed by atoms with Crippen LogP contribution in [0.5, 0.6) is 5.75 Å². The molecule has 0 aromatic heterocycles. The van der Waals surface area contributed by atoms with E-state index in [4.69, 9.17) is 16.3 Å². The molecule has 0 aliphatic carbocycles. The Kier molecular flexibility index (Phi) is 6.05. The quantitative estimate of drug-likeness (QED) is 0.784. The second-order valence-electron chi connectivity index (χ2n) is 5.60. The molecule has 0 bridgehead atoms. The third kappa shape index (κ3) is 4.73. The molecule has 2 atom stereocenters. The Morgan fingerprint density at radius 3 is 2.61 bits per heavy atom. The number of para-hydroxylation sites is 1. The van der Waals surface area contributed by atoms with E-state index in [-0.39, 0.29) is 5.91 Å². The largest absolute Gasteiger partial charge is 0.481 e. The van der Waals surface area contributed by atoms with Gasteiger partial charge in [-0.15, -0.1) is 0 Å². The lowest BCUT2D eigenvalue weighted by molar-refractivity contribution is -0.122. The Hall–Kier alpha value is -2.00. The third-order valence-electron chi connectivity index (χ3n) is 3.84. The Labute approximate surface area is 142 Å². The first-order chi connectivity index (χ1) is 11.0. The molecule has 2 aromatic rings. The molecule has 23 heavy (non-hydrogen) atoms. The first kappa shape index (κ1) is 17.4. The molecule has 0 radical (unpaired) electrons. The van der Waals surface area contributed by atoms with Gasteiger partial charge in [0, 0.05) is 10.7 Å². The Morgan fingerprint density at radius 1 is 1.17 bits per heavy atom. The molecule has 2 rings (SSSR count). The second kappa shape index (κ2) is 8.02. The summed E-state index contributed by atoms with van der Waals surface area (Å²) >= 11 is 5.93. The maximum Gasteiger partial charge on any atom is 0.265 e. The van der Waals surface area contributed by atoms with Crippen molar-refractivity contribution in [3.8, 4) is 5.75 Å². The van der Waals surface area contributed by atoms with Gasteiger partial charge in [-0.2, -0.15) is 0 Å². The number of amides is 1. The lowest BCUT2D eigenvalue weighted by Crippen LogP contribution is -2.30. The van der Waals surface area contributed by atoms with Gasteiger partial charge in [0.2, 0.25) is 0 Å². The van der Waals surface area contributed by atoms with Crippen LogP contribution in [0.15, 0.2) is 48.5 Å². The molecule has 0 saturated carbocycles. The van der Waals surface area contributed by atoms with Gasteiger partial charge in [-0.1, -0.05) is 49.7 Å². The van der Waals surface area contributed by atoms with Gasteiger partial charge in [-0.25, -0.2) is 0 Å². The molecule has 2 aromatic carbocycles. The fourth-order valence-corrected chi connectivity index (χ4v) is 2.47. The molecular weight excluding hydrogens is 310 g/mol. The van der Waals surface area contributed by atoms with Crippen LogP contribution in [0.4, 0.5) is 5.69 Å². The summed E-state index contributed by atoms with van der Waals surface area (Å²) in [6, 6.07) is 14.9. The van der Waals surface area contributed by atoms with Crippen molar-refractivity contribution in [1.29, 1.82) is 0 Å². The molecule has 0 unspecified atom stereocenters. The van der Waals surface area contributed by atoms with E-state index in [0.29, 0.717) is 16.7 Å². The van der Waals surface area contributed by atoms with Gasteiger partial charge in [-0.3, -0.25) is 4.79 Å². The SMILES string of the molecule is CC[C@@H](C)c1ccccc1NC(=O)[C@H](C)Oc1cccc(Cl)c1. The fourth-order valence-electron chi connectivity index (χ4n) is 2.29. The van der Waals surface area contributed by atoms with Gasteiger partial charge >= 0.3 is 0 Å². The van der Waals surface area contributed by atoms with Crippen molar-refractivity contribution >= 4 is 23.2 Å². The summed E-state index contributed by atoms with van der Waals surface area (Å²) < 4.78 is 5.66. The molecule has 0 aliphatic heterocycles. The Balaban J connectivity index is 2.07. The highest BCUT2D eigenvalue weighted by Gasteiger charge is 2.17. The number of hydrogen-bond acceptors (Lipinski definition) is 2. The van der Waals surface area contributed by atoms with Crippen molar-refractivity contribution < 1.29 is 9.53 Å². The lowest BCUT2D eigenvalue weighted by Gasteiger charge is -2.18. The number of hydrogen-bond donors (Lipinski definition) is 1. The Bertz CT molecular complexity index is 672. The summed E-state index contributed by atoms with van der Waals surface area (Å²) in [5, 5.41) is 3.54. The molecule has 3 nitrogen and oxygen atoms in total. The molecule has 0 saturated heterocycles. The minimum Gasteiger partial charge on any atom is -0.481 e. The van der Waals surface area contributed by atoms with Crippen molar-refractivity contribution in [3.63, 3.8) is 0 Å². The van der Waals surface area contributed by atoms with E-state index in [0.717, 1.165) is 17.7 Å². The van der Waals surface area contributed by atoms with Crippen LogP contribution in [-0.4, -0.2) is 12.0 Å². The van der Waals surface area contributed by atoms with Crippen LogP contribution < -0.4 is 10.1 Å². The maximum absolute atomic E-state index is 12.4. The van der Waals surface area contributed by atoms with Gasteiger partial charge in [0.25, 0.3) is 5.91 Å². The van der Waals surface area contributed by atoms with Crippen LogP contribution in [0.3, 0.4) is 0 Å². The molecule has 122 valence electrons. The van der Waals surface area contributed by atoms with Crippen molar-refractivity contribution in [2.24, 2.45) is 0 Å². The van der Waals surface area contributed by atoms with Gasteiger partial charge < -0.3 is 10.1 Å². The summed E-state index contributed by atoms with van der Waals surface area (Å²) in [6.07, 6.45) is 0.403. The first-order valence-corrected chi connectivity index (χ1v) is 8.21. The fraction of sp³-hybridized carbons (Fsp3) is 0.316. The number of carbonyl (C=O) groups is 1. The van der Waals surface area contributed by atoms with E-state index in [9.17, 15) is 4.79 Å². The standard InChI is InChI=1S/C19H22ClNO2/c1-4-13(2)17-10-5-6-11-18(17)21-19(22)14(3)23-16-9-7-8-15(20)12-16/h5-14H,4H2,1-3H3,(H,21,22)/t13-,14+/m1/s1. The van der Waals surface area contributed by atoms with E-state index in [1.54, 1.807) is 31.2 Å². The summed E-state index contributed by atoms with van der Waals surface area (Å²) in [6.45, 7) is 6.01. The molecule has 0 fully saturated rings. The Morgan fingerprint density at radius 2 is 1.91 bits per heavy atom. The summed E-state index contributed by atoms with van der Waals surface area (Å²) in [5.74, 6) is 0.784. The first-order valence-electron chi connectivity index (χ1n) is 7.83. The molecule has 1 amide bonds. The summed E-state index contributed by atoms with van der Waals surface area (Å²) in [5.41, 5.74) is 1.98. The summed E-state index contributed by atoms with van der Waals surface area (Å²) in [4.78, 5) is 12.4. The van der Waals surface area contributed by atoms with Crippen molar-refractivity contribution in [1.82, 2.24) is 0 Å². The van der Waals surface area contributed by atoms with Crippen LogP contribution >= 0.6 is 11.6 Å². The van der Waals surface area contributed by atoms with Crippen LogP contribution in [0.25, 0.3) is 0 Å². The number of anilines is 1. The number of nitrogens with one attached hydrogen (secondary N) is 1. The van der Waals surface area contributed by atoms with E-state index in [2.05, 4.69) is 19.2 Å². The van der Waals surface area contributed by atoms with Gasteiger partial charge in [-0.05, 0) is 49.1 Å². The zero-order valence-electron chi connectivity index (χ0n) is 13.7. The average Bonchev–Trinajstić information content (AvgIpc) is 2.54. The van der Waals surface area contributed by atoms with E-state index < -0.39 is 6.10 Å². The monoisotopic (exact) mass is 331 g/mol. The minimum absolute atomic E-state index is 0.180. The number of benzene rings is 2. The van der Waals surface area contributed by atoms with E-state index >= 15 is 0 Å². The lowest BCUT2D eigenvalue weighted by atomic mass is 9.97. The van der Waals surface area contributed by atoms with Gasteiger partial charge in [0.15, 0.2) is 6.10 Å². The van der Waals surface area contributed by atoms with Crippen molar-refractivity contribution in [2.45, 2.75) is 39.2 Å². The van der Waals surface area contributed by atoms with Crippen LogP contribution in [0.2, 0.25) is 5.02 Å². The van der Waals surface area contributed by atoms with Crippen molar-refractivity contribution in [2.75, 3.05) is 5.32 Å². The third-order valence-corrected chi connectivity index (χ3v) is 4.08. The maximum atomic E-state index is 12.4. The molecular formula is C19H22ClNO2. The number of ether oxygens (including phenoxy) is 1. The topological polar surface area (TPSA) is 38.3 Å². The smallest absolute Gasteiger partial charge is 0.265 e. The zero-order valence-corrected chi connectivity index (χ0v) is 14.4. The van der Waals surface area contributed by atoms with Gasteiger partial charge in [0.1, 0.15) is 5.75 Å². The van der Waals surface area contributed by atoms with Crippen LogP contribution in [0, 0.1) is 0 Å².